The second kappa shape index (κ2) is 3.40. The highest BCUT2D eigenvalue weighted by Crippen LogP contribution is 2.16. The molecule has 1 heterocycles. The minimum absolute atomic E-state index is 0.343. The van der Waals surface area contributed by atoms with Crippen molar-refractivity contribution in [3.05, 3.63) is 54.2 Å². The van der Waals surface area contributed by atoms with E-state index in [1.807, 2.05) is 24.3 Å². The Morgan fingerprint density at radius 3 is 2.92 bits per heavy atom. The number of aryl methyl sites for hydroxylation is 1. The van der Waals surface area contributed by atoms with Crippen LogP contribution in [-0.2, 0) is 0 Å². The molecule has 0 aliphatic heterocycles. The lowest BCUT2D eigenvalue weighted by Gasteiger charge is -2.00. The quantitative estimate of drug-likeness (QED) is 0.644. The van der Waals surface area contributed by atoms with Crippen molar-refractivity contribution in [3.8, 4) is 11.3 Å². The molecule has 0 bridgehead atoms. The summed E-state index contributed by atoms with van der Waals surface area (Å²) >= 11 is 0. The average Bonchev–Trinajstić information content (AvgIpc) is 2.29. The third-order valence-corrected chi connectivity index (χ3v) is 1.82. The van der Waals surface area contributed by atoms with Crippen LogP contribution >= 0.6 is 0 Å². The normalized spacial score (nSPS) is 14.3. The van der Waals surface area contributed by atoms with E-state index in [0.29, 0.717) is 5.56 Å². The van der Waals surface area contributed by atoms with E-state index in [2.05, 4.69) is 4.98 Å². The highest BCUT2D eigenvalue weighted by molar-refractivity contribution is 5.59. The highest BCUT2D eigenvalue weighted by atomic mass is 14.7. The molecule has 0 amide bonds. The largest absolute Gasteiger partial charge is 0.256 e. The van der Waals surface area contributed by atoms with Gasteiger partial charge in [0.1, 0.15) is 0 Å². The molecule has 1 aromatic carbocycles. The minimum atomic E-state index is -2.06. The number of benzene rings is 1. The monoisotopic (exact) mass is 172 g/mol. The molecule has 0 N–H and O–H groups in total. The van der Waals surface area contributed by atoms with E-state index >= 15 is 0 Å². The van der Waals surface area contributed by atoms with E-state index in [9.17, 15) is 0 Å². The molecule has 0 fully saturated rings. The van der Waals surface area contributed by atoms with Gasteiger partial charge in [-0.15, -0.1) is 0 Å². The number of pyridine rings is 1. The molecule has 0 unspecified atom stereocenters. The van der Waals surface area contributed by atoms with Gasteiger partial charge in [-0.05, 0) is 25.1 Å². The van der Waals surface area contributed by atoms with E-state index in [1.165, 1.54) is 0 Å². The Hall–Kier alpha value is -1.63. The van der Waals surface area contributed by atoms with Gasteiger partial charge in [-0.3, -0.25) is 4.98 Å². The van der Waals surface area contributed by atoms with Crippen LogP contribution in [0.4, 0.5) is 0 Å². The topological polar surface area (TPSA) is 12.9 Å². The summed E-state index contributed by atoms with van der Waals surface area (Å²) in [5.74, 6) is 0. The summed E-state index contributed by atoms with van der Waals surface area (Å²) in [5, 5.41) is 0. The second-order valence-corrected chi connectivity index (χ2v) is 2.80. The molecule has 0 saturated heterocycles. The van der Waals surface area contributed by atoms with Crippen LogP contribution < -0.4 is 0 Å². The minimum Gasteiger partial charge on any atom is -0.256 e. The molecule has 2 rings (SSSR count). The summed E-state index contributed by atoms with van der Waals surface area (Å²) in [6.07, 6.45) is 1.69. The molecular weight excluding hydrogens is 158 g/mol. The molecule has 0 radical (unpaired) electrons. The molecule has 0 saturated carbocycles. The van der Waals surface area contributed by atoms with Crippen LogP contribution in [0.5, 0.6) is 0 Å². The molecule has 0 aliphatic carbocycles. The van der Waals surface area contributed by atoms with Crippen molar-refractivity contribution in [2.24, 2.45) is 0 Å². The molecule has 13 heavy (non-hydrogen) atoms. The third-order valence-electron chi connectivity index (χ3n) is 1.82. The number of hydrogen-bond acceptors (Lipinski definition) is 1. The van der Waals surface area contributed by atoms with E-state index in [-0.39, 0.29) is 0 Å². The first-order valence-corrected chi connectivity index (χ1v) is 4.09. The summed E-state index contributed by atoms with van der Waals surface area (Å²) in [4.78, 5) is 4.19. The van der Waals surface area contributed by atoms with Crippen LogP contribution in [-0.4, -0.2) is 4.98 Å². The van der Waals surface area contributed by atoms with Gasteiger partial charge in [0.05, 0.1) is 5.69 Å². The number of rotatable bonds is 1. The average molecular weight is 172 g/mol. The Bertz CT molecular complexity index is 477. The molecule has 0 spiro atoms. The Balaban J connectivity index is 2.45. The molecule has 64 valence electrons. The maximum atomic E-state index is 7.34. The van der Waals surface area contributed by atoms with Crippen molar-refractivity contribution in [1.29, 1.82) is 0 Å². The smallest absolute Gasteiger partial charge is 0.0702 e. The van der Waals surface area contributed by atoms with Crippen LogP contribution in [0.3, 0.4) is 0 Å². The van der Waals surface area contributed by atoms with E-state index in [4.69, 9.17) is 4.11 Å². The van der Waals surface area contributed by atoms with Gasteiger partial charge in [-0.25, -0.2) is 0 Å². The van der Waals surface area contributed by atoms with Gasteiger partial charge in [-0.1, -0.05) is 29.8 Å². The summed E-state index contributed by atoms with van der Waals surface area (Å²) in [6, 6.07) is 12.4. The van der Waals surface area contributed by atoms with Gasteiger partial charge in [0.15, 0.2) is 0 Å². The number of hydrogen-bond donors (Lipinski definition) is 0. The maximum absolute atomic E-state index is 7.34. The molecular formula is C12H11N. The van der Waals surface area contributed by atoms with E-state index in [0.717, 1.165) is 11.3 Å². The SMILES string of the molecule is [2H]C([2H])([2H])c1cccc(-c2ccccn2)c1. The van der Waals surface area contributed by atoms with Crippen LogP contribution in [0, 0.1) is 6.85 Å². The van der Waals surface area contributed by atoms with Crippen molar-refractivity contribution in [1.82, 2.24) is 4.98 Å². The number of nitrogens with zero attached hydrogens (tertiary/aromatic N) is 1. The fraction of sp³-hybridized carbons (Fsp3) is 0.0833. The zero-order valence-electron chi connectivity index (χ0n) is 10.1. The van der Waals surface area contributed by atoms with Gasteiger partial charge in [0.2, 0.25) is 0 Å². The Morgan fingerprint density at radius 2 is 2.15 bits per heavy atom. The fourth-order valence-corrected chi connectivity index (χ4v) is 1.21. The predicted molar refractivity (Wildman–Crippen MR) is 54.4 cm³/mol. The van der Waals surface area contributed by atoms with Crippen molar-refractivity contribution < 1.29 is 4.11 Å². The first-order chi connectivity index (χ1) is 7.57. The van der Waals surface area contributed by atoms with Crippen LogP contribution in [0.25, 0.3) is 11.3 Å². The molecule has 0 aliphatic rings. The lowest BCUT2D eigenvalue weighted by atomic mass is 10.1. The fourth-order valence-electron chi connectivity index (χ4n) is 1.21. The Morgan fingerprint density at radius 1 is 1.15 bits per heavy atom. The molecule has 2 aromatic rings. The third kappa shape index (κ3) is 1.75. The van der Waals surface area contributed by atoms with Gasteiger partial charge in [-0.2, -0.15) is 0 Å². The Kier molecular flexibility index (Phi) is 1.35. The zero-order valence-corrected chi connectivity index (χ0v) is 7.07. The van der Waals surface area contributed by atoms with Gasteiger partial charge < -0.3 is 0 Å². The maximum Gasteiger partial charge on any atom is 0.0702 e. The lowest BCUT2D eigenvalue weighted by Crippen LogP contribution is -1.81. The molecule has 1 nitrogen and oxygen atoms in total. The lowest BCUT2D eigenvalue weighted by molar-refractivity contribution is 1.32. The van der Waals surface area contributed by atoms with Crippen molar-refractivity contribution in [2.45, 2.75) is 6.85 Å². The highest BCUT2D eigenvalue weighted by Gasteiger charge is 1.96. The summed E-state index contributed by atoms with van der Waals surface area (Å²) in [7, 11) is 0. The standard InChI is InChI=1S/C12H11N/c1-10-5-4-6-11(9-10)12-7-2-3-8-13-12/h2-9H,1H3/i1D3. The van der Waals surface area contributed by atoms with Crippen LogP contribution in [0.2, 0.25) is 0 Å². The zero-order chi connectivity index (χ0) is 11.6. The Labute approximate surface area is 82.3 Å². The summed E-state index contributed by atoms with van der Waals surface area (Å²) < 4.78 is 22.0. The van der Waals surface area contributed by atoms with E-state index < -0.39 is 6.85 Å². The summed E-state index contributed by atoms with van der Waals surface area (Å²) in [6.45, 7) is -2.06. The molecule has 1 aromatic heterocycles. The van der Waals surface area contributed by atoms with E-state index in [1.54, 1.807) is 24.4 Å². The first kappa shape index (κ1) is 5.18. The van der Waals surface area contributed by atoms with Crippen LogP contribution in [0.15, 0.2) is 48.7 Å². The second-order valence-electron chi connectivity index (χ2n) is 2.80. The summed E-state index contributed by atoms with van der Waals surface area (Å²) in [5.41, 5.74) is 1.96. The molecule has 0 atom stereocenters. The number of aromatic nitrogens is 1. The van der Waals surface area contributed by atoms with Crippen LogP contribution in [0.1, 0.15) is 9.68 Å². The van der Waals surface area contributed by atoms with Crippen molar-refractivity contribution in [2.75, 3.05) is 0 Å². The van der Waals surface area contributed by atoms with Gasteiger partial charge in [0, 0.05) is 15.9 Å². The van der Waals surface area contributed by atoms with Crippen molar-refractivity contribution in [3.63, 3.8) is 0 Å². The van der Waals surface area contributed by atoms with Crippen molar-refractivity contribution >= 4 is 0 Å². The van der Waals surface area contributed by atoms with Gasteiger partial charge >= 0.3 is 0 Å². The first-order valence-electron chi connectivity index (χ1n) is 5.59. The molecule has 1 heteroatoms. The van der Waals surface area contributed by atoms with Gasteiger partial charge in [0.25, 0.3) is 0 Å². The predicted octanol–water partition coefficient (Wildman–Crippen LogP) is 3.06.